The number of benzene rings is 2. The van der Waals surface area contributed by atoms with Crippen LogP contribution in [0.5, 0.6) is 5.75 Å². The molecule has 134 valence electrons. The van der Waals surface area contributed by atoms with Crippen molar-refractivity contribution in [2.45, 2.75) is 32.3 Å². The van der Waals surface area contributed by atoms with Gasteiger partial charge in [0.05, 0.1) is 5.02 Å². The fourth-order valence-corrected chi connectivity index (χ4v) is 3.58. The molecule has 0 amide bonds. The van der Waals surface area contributed by atoms with E-state index < -0.39 is 0 Å². The minimum atomic E-state index is 0.139. The van der Waals surface area contributed by atoms with Crippen molar-refractivity contribution in [1.29, 1.82) is 0 Å². The lowest BCUT2D eigenvalue weighted by atomic mass is 10.1. The van der Waals surface area contributed by atoms with E-state index in [1.54, 1.807) is 0 Å². The van der Waals surface area contributed by atoms with E-state index in [-0.39, 0.29) is 6.10 Å². The summed E-state index contributed by atoms with van der Waals surface area (Å²) >= 11 is 6.21. The number of para-hydroxylation sites is 1. The first-order valence-electron chi connectivity index (χ1n) is 9.16. The molecule has 2 N–H and O–H groups in total. The molecule has 0 saturated carbocycles. The first kappa shape index (κ1) is 18.2. The minimum absolute atomic E-state index is 0.139. The Hall–Kier alpha value is -1.55. The summed E-state index contributed by atoms with van der Waals surface area (Å²) in [5, 5.41) is 7.26. The summed E-state index contributed by atoms with van der Waals surface area (Å²) in [5.41, 5.74) is 3.79. The van der Waals surface area contributed by atoms with Crippen molar-refractivity contribution in [3.8, 4) is 5.75 Å². The molecule has 1 unspecified atom stereocenters. The van der Waals surface area contributed by atoms with Gasteiger partial charge in [0.15, 0.2) is 0 Å². The van der Waals surface area contributed by atoms with Gasteiger partial charge in [-0.15, -0.1) is 0 Å². The van der Waals surface area contributed by atoms with E-state index in [1.165, 1.54) is 30.6 Å². The third-order valence-corrected chi connectivity index (χ3v) is 4.99. The van der Waals surface area contributed by atoms with Crippen LogP contribution in [-0.2, 0) is 6.42 Å². The fraction of sp³-hybridized carbons (Fsp3) is 0.429. The minimum Gasteiger partial charge on any atom is -0.484 e. The number of fused-ring (bicyclic) bond motifs is 1. The predicted molar refractivity (Wildman–Crippen MR) is 105 cm³/mol. The molecule has 1 saturated heterocycles. The Kier molecular flexibility index (Phi) is 6.74. The zero-order valence-corrected chi connectivity index (χ0v) is 15.6. The monoisotopic (exact) mass is 358 g/mol. The molecule has 2 aliphatic rings. The van der Waals surface area contributed by atoms with E-state index in [4.69, 9.17) is 16.3 Å². The average molecular weight is 359 g/mol. The molecular weight excluding hydrogens is 332 g/mol. The highest BCUT2D eigenvalue weighted by atomic mass is 35.5. The van der Waals surface area contributed by atoms with Crippen LogP contribution in [0, 0.1) is 6.92 Å². The van der Waals surface area contributed by atoms with Crippen molar-refractivity contribution < 1.29 is 4.74 Å². The molecule has 1 heterocycles. The smallest absolute Gasteiger partial charge is 0.141 e. The van der Waals surface area contributed by atoms with Crippen molar-refractivity contribution in [1.82, 2.24) is 10.6 Å². The second kappa shape index (κ2) is 9.23. The van der Waals surface area contributed by atoms with Crippen LogP contribution in [0.1, 0.15) is 35.6 Å². The van der Waals surface area contributed by atoms with Crippen LogP contribution < -0.4 is 15.4 Å². The van der Waals surface area contributed by atoms with E-state index >= 15 is 0 Å². The molecule has 2 aromatic rings. The van der Waals surface area contributed by atoms with Crippen LogP contribution >= 0.6 is 11.6 Å². The van der Waals surface area contributed by atoms with Gasteiger partial charge in [-0.2, -0.15) is 0 Å². The van der Waals surface area contributed by atoms with Gasteiger partial charge in [0.25, 0.3) is 0 Å². The van der Waals surface area contributed by atoms with Gasteiger partial charge in [0, 0.05) is 13.1 Å². The van der Waals surface area contributed by atoms with Crippen molar-refractivity contribution in [2.75, 3.05) is 26.2 Å². The maximum atomic E-state index is 6.21. The fourth-order valence-electron chi connectivity index (χ4n) is 3.31. The Morgan fingerprint density at radius 1 is 0.960 bits per heavy atom. The third kappa shape index (κ3) is 4.97. The van der Waals surface area contributed by atoms with E-state index in [0.717, 1.165) is 37.2 Å². The topological polar surface area (TPSA) is 33.3 Å². The van der Waals surface area contributed by atoms with Gasteiger partial charge in [0.1, 0.15) is 11.9 Å². The summed E-state index contributed by atoms with van der Waals surface area (Å²) in [6.45, 7) is 6.68. The highest BCUT2D eigenvalue weighted by Crippen LogP contribution is 2.38. The Balaban J connectivity index is 0.000000219. The molecule has 1 atom stereocenters. The van der Waals surface area contributed by atoms with Crippen molar-refractivity contribution in [3.05, 3.63) is 64.2 Å². The second-order valence-electron chi connectivity index (χ2n) is 6.58. The standard InChI is InChI=1S/C16H15ClO.C5H12N2/c1-11-5-4-8-14(17)16(11)18-15-10-9-12-6-2-3-7-13(12)15;1-2-6-4-5-7-3-1/h2-8,15H,9-10H2,1H3;6-7H,1-5H2. The van der Waals surface area contributed by atoms with Gasteiger partial charge in [0.2, 0.25) is 0 Å². The third-order valence-electron chi connectivity index (χ3n) is 4.69. The number of halogens is 1. The van der Waals surface area contributed by atoms with Crippen molar-refractivity contribution >= 4 is 11.6 Å². The molecule has 0 spiro atoms. The summed E-state index contributed by atoms with van der Waals surface area (Å²) in [6, 6.07) is 14.3. The maximum absolute atomic E-state index is 6.21. The molecule has 25 heavy (non-hydrogen) atoms. The number of aryl methyl sites for hydroxylation is 2. The zero-order valence-electron chi connectivity index (χ0n) is 14.9. The first-order chi connectivity index (χ1) is 12.3. The number of nitrogens with one attached hydrogen (secondary N) is 2. The molecule has 1 fully saturated rings. The summed E-state index contributed by atoms with van der Waals surface area (Å²) < 4.78 is 6.13. The van der Waals surface area contributed by atoms with Crippen molar-refractivity contribution in [2.24, 2.45) is 0 Å². The largest absolute Gasteiger partial charge is 0.484 e. The number of ether oxygens (including phenoxy) is 1. The average Bonchev–Trinajstić information content (AvgIpc) is 2.83. The lowest BCUT2D eigenvalue weighted by molar-refractivity contribution is 0.206. The van der Waals surface area contributed by atoms with Crippen LogP contribution in [0.2, 0.25) is 5.02 Å². The number of hydrogen-bond donors (Lipinski definition) is 2. The molecule has 1 aliphatic carbocycles. The van der Waals surface area contributed by atoms with Gasteiger partial charge in [-0.3, -0.25) is 0 Å². The Morgan fingerprint density at radius 3 is 2.48 bits per heavy atom. The van der Waals surface area contributed by atoms with Crippen LogP contribution in [0.15, 0.2) is 42.5 Å². The van der Waals surface area contributed by atoms with Crippen LogP contribution in [0.25, 0.3) is 0 Å². The van der Waals surface area contributed by atoms with Gasteiger partial charge in [-0.25, -0.2) is 0 Å². The van der Waals surface area contributed by atoms with Gasteiger partial charge < -0.3 is 15.4 Å². The van der Waals surface area contributed by atoms with Gasteiger partial charge in [-0.05, 0) is 62.0 Å². The van der Waals surface area contributed by atoms with E-state index in [0.29, 0.717) is 5.02 Å². The lowest BCUT2D eigenvalue weighted by Gasteiger charge is -2.17. The SMILES string of the molecule is C1CNCCNC1.Cc1cccc(Cl)c1OC1CCc2ccccc21. The second-order valence-corrected chi connectivity index (χ2v) is 6.99. The molecule has 3 nitrogen and oxygen atoms in total. The highest BCUT2D eigenvalue weighted by Gasteiger charge is 2.24. The Bertz CT molecular complexity index is 649. The molecular formula is C21H27ClN2O. The molecule has 1 aliphatic heterocycles. The Labute approximate surface area is 155 Å². The summed E-state index contributed by atoms with van der Waals surface area (Å²) in [7, 11) is 0. The van der Waals surface area contributed by atoms with Crippen LogP contribution in [0.3, 0.4) is 0 Å². The van der Waals surface area contributed by atoms with E-state index in [9.17, 15) is 0 Å². The van der Waals surface area contributed by atoms with E-state index in [2.05, 4.69) is 34.9 Å². The molecule has 0 aromatic heterocycles. The lowest BCUT2D eigenvalue weighted by Crippen LogP contribution is -2.21. The molecule has 4 heteroatoms. The van der Waals surface area contributed by atoms with Crippen molar-refractivity contribution in [3.63, 3.8) is 0 Å². The summed E-state index contributed by atoms with van der Waals surface area (Å²) in [6.07, 6.45) is 3.54. The molecule has 4 rings (SSSR count). The normalized spacial score (nSPS) is 19.4. The maximum Gasteiger partial charge on any atom is 0.141 e. The predicted octanol–water partition coefficient (Wildman–Crippen LogP) is 4.28. The zero-order chi connectivity index (χ0) is 17.5. The highest BCUT2D eigenvalue weighted by molar-refractivity contribution is 6.32. The molecule has 2 aromatic carbocycles. The number of rotatable bonds is 2. The van der Waals surface area contributed by atoms with E-state index in [1.807, 2.05) is 25.1 Å². The molecule has 0 bridgehead atoms. The summed E-state index contributed by atoms with van der Waals surface area (Å²) in [5.74, 6) is 0.820. The number of hydrogen-bond acceptors (Lipinski definition) is 3. The summed E-state index contributed by atoms with van der Waals surface area (Å²) in [4.78, 5) is 0. The van der Waals surface area contributed by atoms with Crippen LogP contribution in [0.4, 0.5) is 0 Å². The first-order valence-corrected chi connectivity index (χ1v) is 9.54. The van der Waals surface area contributed by atoms with Gasteiger partial charge >= 0.3 is 0 Å². The van der Waals surface area contributed by atoms with Crippen LogP contribution in [-0.4, -0.2) is 26.2 Å². The quantitative estimate of drug-likeness (QED) is 0.840. The molecule has 0 radical (unpaired) electrons. The van der Waals surface area contributed by atoms with Gasteiger partial charge in [-0.1, -0.05) is 48.0 Å². The Morgan fingerprint density at radius 2 is 1.72 bits per heavy atom.